The molecule has 2 heterocycles. The van der Waals surface area contributed by atoms with Crippen molar-refractivity contribution in [3.8, 4) is 11.8 Å². The second-order valence-corrected chi connectivity index (χ2v) is 7.00. The first-order chi connectivity index (χ1) is 13.0. The van der Waals surface area contributed by atoms with Crippen LogP contribution in [0.3, 0.4) is 0 Å². The van der Waals surface area contributed by atoms with Crippen molar-refractivity contribution in [3.05, 3.63) is 76.3 Å². The van der Waals surface area contributed by atoms with Crippen molar-refractivity contribution in [3.63, 3.8) is 0 Å². The molecule has 0 bridgehead atoms. The van der Waals surface area contributed by atoms with Crippen LogP contribution >= 0.6 is 11.6 Å². The Morgan fingerprint density at radius 2 is 1.85 bits per heavy atom. The summed E-state index contributed by atoms with van der Waals surface area (Å²) in [6, 6.07) is 10.4. The van der Waals surface area contributed by atoms with Gasteiger partial charge in [-0.1, -0.05) is 47.7 Å². The SMILES string of the molecule is CN(C)Cc1ccc(CNc2cc(Cl)ncc2C#Cc2cnn(C)c2)cc1. The van der Waals surface area contributed by atoms with Gasteiger partial charge in [-0.05, 0) is 31.3 Å². The van der Waals surface area contributed by atoms with E-state index in [9.17, 15) is 0 Å². The molecule has 0 fully saturated rings. The Morgan fingerprint density at radius 1 is 1.11 bits per heavy atom. The normalized spacial score (nSPS) is 10.6. The summed E-state index contributed by atoms with van der Waals surface area (Å²) in [4.78, 5) is 6.30. The van der Waals surface area contributed by atoms with Gasteiger partial charge in [-0.25, -0.2) is 4.98 Å². The lowest BCUT2D eigenvalue weighted by atomic mass is 10.1. The number of pyridine rings is 1. The van der Waals surface area contributed by atoms with Gasteiger partial charge in [-0.2, -0.15) is 5.10 Å². The number of nitrogens with zero attached hydrogens (tertiary/aromatic N) is 4. The highest BCUT2D eigenvalue weighted by molar-refractivity contribution is 6.29. The molecule has 0 atom stereocenters. The number of aromatic nitrogens is 3. The molecule has 6 heteroatoms. The number of rotatable bonds is 5. The Labute approximate surface area is 165 Å². The fourth-order valence-corrected chi connectivity index (χ4v) is 2.78. The maximum Gasteiger partial charge on any atom is 0.131 e. The molecule has 0 saturated carbocycles. The largest absolute Gasteiger partial charge is 0.380 e. The Hall–Kier alpha value is -2.81. The summed E-state index contributed by atoms with van der Waals surface area (Å²) in [6.45, 7) is 1.62. The summed E-state index contributed by atoms with van der Waals surface area (Å²) >= 11 is 6.07. The lowest BCUT2D eigenvalue weighted by Gasteiger charge is -2.11. The van der Waals surface area contributed by atoms with E-state index in [-0.39, 0.29) is 0 Å². The summed E-state index contributed by atoms with van der Waals surface area (Å²) in [6.07, 6.45) is 5.30. The van der Waals surface area contributed by atoms with Crippen LogP contribution in [-0.4, -0.2) is 33.8 Å². The molecule has 138 valence electrons. The van der Waals surface area contributed by atoms with Crippen LogP contribution in [0, 0.1) is 11.8 Å². The number of nitrogens with one attached hydrogen (secondary N) is 1. The molecular formula is C21H22ClN5. The maximum atomic E-state index is 6.07. The van der Waals surface area contributed by atoms with Gasteiger partial charge >= 0.3 is 0 Å². The average molecular weight is 380 g/mol. The highest BCUT2D eigenvalue weighted by Gasteiger charge is 2.04. The van der Waals surface area contributed by atoms with Gasteiger partial charge in [0.2, 0.25) is 0 Å². The molecule has 3 rings (SSSR count). The van der Waals surface area contributed by atoms with Gasteiger partial charge in [-0.3, -0.25) is 4.68 Å². The second-order valence-electron chi connectivity index (χ2n) is 6.61. The molecule has 5 nitrogen and oxygen atoms in total. The van der Waals surface area contributed by atoms with Crippen molar-refractivity contribution in [1.82, 2.24) is 19.7 Å². The highest BCUT2D eigenvalue weighted by Crippen LogP contribution is 2.19. The number of aryl methyl sites for hydroxylation is 1. The van der Waals surface area contributed by atoms with E-state index < -0.39 is 0 Å². The molecule has 0 unspecified atom stereocenters. The number of hydrogen-bond donors (Lipinski definition) is 1. The summed E-state index contributed by atoms with van der Waals surface area (Å²) in [5, 5.41) is 7.97. The summed E-state index contributed by atoms with van der Waals surface area (Å²) in [5.41, 5.74) is 5.00. The number of hydrogen-bond acceptors (Lipinski definition) is 4. The van der Waals surface area contributed by atoms with Crippen molar-refractivity contribution in [2.24, 2.45) is 7.05 Å². The number of halogens is 1. The first-order valence-electron chi connectivity index (χ1n) is 8.62. The van der Waals surface area contributed by atoms with Crippen molar-refractivity contribution in [2.45, 2.75) is 13.1 Å². The van der Waals surface area contributed by atoms with Crippen LogP contribution in [0.15, 0.2) is 48.9 Å². The fourth-order valence-electron chi connectivity index (χ4n) is 2.63. The molecular weight excluding hydrogens is 358 g/mol. The van der Waals surface area contributed by atoms with E-state index >= 15 is 0 Å². The van der Waals surface area contributed by atoms with Gasteiger partial charge < -0.3 is 10.2 Å². The average Bonchev–Trinajstić information content (AvgIpc) is 3.05. The monoisotopic (exact) mass is 379 g/mol. The molecule has 0 aliphatic rings. The zero-order chi connectivity index (χ0) is 19.2. The van der Waals surface area contributed by atoms with Crippen molar-refractivity contribution in [2.75, 3.05) is 19.4 Å². The highest BCUT2D eigenvalue weighted by atomic mass is 35.5. The molecule has 0 saturated heterocycles. The Morgan fingerprint density at radius 3 is 2.52 bits per heavy atom. The topological polar surface area (TPSA) is 46.0 Å². The van der Waals surface area contributed by atoms with E-state index in [0.717, 1.165) is 23.4 Å². The third-order valence-electron chi connectivity index (χ3n) is 3.92. The lowest BCUT2D eigenvalue weighted by molar-refractivity contribution is 0.402. The van der Waals surface area contributed by atoms with Crippen molar-refractivity contribution in [1.29, 1.82) is 0 Å². The molecule has 2 aromatic heterocycles. The van der Waals surface area contributed by atoms with Crippen LogP contribution in [0.5, 0.6) is 0 Å². The van der Waals surface area contributed by atoms with Gasteiger partial charge in [-0.15, -0.1) is 0 Å². The lowest BCUT2D eigenvalue weighted by Crippen LogP contribution is -2.10. The zero-order valence-corrected chi connectivity index (χ0v) is 16.5. The van der Waals surface area contributed by atoms with Gasteiger partial charge in [0.15, 0.2) is 0 Å². The summed E-state index contributed by atoms with van der Waals surface area (Å²) < 4.78 is 1.73. The van der Waals surface area contributed by atoms with Gasteiger partial charge in [0.05, 0.1) is 23.0 Å². The molecule has 0 radical (unpaired) electrons. The molecule has 3 aromatic rings. The van der Waals surface area contributed by atoms with Crippen LogP contribution < -0.4 is 5.32 Å². The Balaban J connectivity index is 1.72. The minimum atomic E-state index is 0.436. The predicted octanol–water partition coefficient (Wildman–Crippen LogP) is 3.54. The molecule has 1 N–H and O–H groups in total. The summed E-state index contributed by atoms with van der Waals surface area (Å²) in [5.74, 6) is 6.25. The van der Waals surface area contributed by atoms with Crippen LogP contribution in [-0.2, 0) is 20.1 Å². The standard InChI is InChI=1S/C21H22ClN5/c1-26(2)14-17-6-4-16(5-7-17)11-23-20-10-21(22)24-13-19(20)9-8-18-12-25-27(3)15-18/h4-7,10,12-13,15H,11,14H2,1-3H3,(H,23,24). The van der Waals surface area contributed by atoms with E-state index in [1.807, 2.05) is 13.2 Å². The predicted molar refractivity (Wildman–Crippen MR) is 110 cm³/mol. The van der Waals surface area contributed by atoms with Crippen LogP contribution in [0.2, 0.25) is 5.15 Å². The Kier molecular flexibility index (Phi) is 6.12. The van der Waals surface area contributed by atoms with Crippen LogP contribution in [0.4, 0.5) is 5.69 Å². The Bertz CT molecular complexity index is 964. The molecule has 0 aliphatic heterocycles. The van der Waals surface area contributed by atoms with E-state index in [2.05, 4.69) is 70.5 Å². The first kappa shape index (κ1) is 19.0. The second kappa shape index (κ2) is 8.72. The van der Waals surface area contributed by atoms with E-state index in [0.29, 0.717) is 11.7 Å². The van der Waals surface area contributed by atoms with E-state index in [4.69, 9.17) is 11.6 Å². The van der Waals surface area contributed by atoms with E-state index in [1.54, 1.807) is 23.1 Å². The minimum absolute atomic E-state index is 0.436. The third-order valence-corrected chi connectivity index (χ3v) is 4.13. The smallest absolute Gasteiger partial charge is 0.131 e. The molecule has 1 aromatic carbocycles. The van der Waals surface area contributed by atoms with Crippen molar-refractivity contribution < 1.29 is 0 Å². The van der Waals surface area contributed by atoms with Gasteiger partial charge in [0.25, 0.3) is 0 Å². The number of benzene rings is 1. The van der Waals surface area contributed by atoms with Crippen molar-refractivity contribution >= 4 is 17.3 Å². The fraction of sp³-hybridized carbons (Fsp3) is 0.238. The molecule has 0 spiro atoms. The van der Waals surface area contributed by atoms with E-state index in [1.165, 1.54) is 11.1 Å². The number of anilines is 1. The van der Waals surface area contributed by atoms with Gasteiger partial charge in [0, 0.05) is 32.5 Å². The van der Waals surface area contributed by atoms with Crippen LogP contribution in [0.25, 0.3) is 0 Å². The summed E-state index contributed by atoms with van der Waals surface area (Å²) in [7, 11) is 6.00. The van der Waals surface area contributed by atoms with Crippen LogP contribution in [0.1, 0.15) is 22.3 Å². The molecule has 27 heavy (non-hydrogen) atoms. The minimum Gasteiger partial charge on any atom is -0.380 e. The quantitative estimate of drug-likeness (QED) is 0.544. The molecule has 0 aliphatic carbocycles. The first-order valence-corrected chi connectivity index (χ1v) is 9.00. The third kappa shape index (κ3) is 5.58. The maximum absolute atomic E-state index is 6.07. The zero-order valence-electron chi connectivity index (χ0n) is 15.7. The molecule has 0 amide bonds. The van der Waals surface area contributed by atoms with Gasteiger partial charge in [0.1, 0.15) is 5.15 Å².